The van der Waals surface area contributed by atoms with Gasteiger partial charge in [-0.1, -0.05) is 12.8 Å². The van der Waals surface area contributed by atoms with Gasteiger partial charge in [-0.3, -0.25) is 4.79 Å². The fourth-order valence-electron chi connectivity index (χ4n) is 2.71. The fourth-order valence-corrected chi connectivity index (χ4v) is 2.71. The summed E-state index contributed by atoms with van der Waals surface area (Å²) in [6, 6.07) is 0. The average molecular weight is 191 g/mol. The molecule has 3 heteroatoms. The van der Waals surface area contributed by atoms with Gasteiger partial charge in [0.05, 0.1) is 5.92 Å². The Balaban J connectivity index is 0.000000720. The van der Waals surface area contributed by atoms with Crippen molar-refractivity contribution in [2.45, 2.75) is 32.1 Å². The first-order valence-corrected chi connectivity index (χ1v) is 4.48. The monoisotopic (exact) mass is 190 g/mol. The number of carboxylic acid groups (broad SMARTS) is 1. The third kappa shape index (κ3) is 1.74. The minimum Gasteiger partial charge on any atom is -0.481 e. The standard InChI is InChI=1S/C9H14O2.ClH/c10-9(11)8-4-6-1-2-7(3-6)5-8;/h6-8H,1-5H2,(H,10,11);1H. The summed E-state index contributed by atoms with van der Waals surface area (Å²) in [5.74, 6) is 0.910. The second-order valence-corrected chi connectivity index (χ2v) is 4.05. The summed E-state index contributed by atoms with van der Waals surface area (Å²) >= 11 is 0. The molecule has 1 N–H and O–H groups in total. The summed E-state index contributed by atoms with van der Waals surface area (Å²) in [5.41, 5.74) is 0. The average Bonchev–Trinajstić information content (AvgIpc) is 2.30. The molecule has 2 bridgehead atoms. The van der Waals surface area contributed by atoms with Gasteiger partial charge in [0.2, 0.25) is 0 Å². The first kappa shape index (κ1) is 9.85. The van der Waals surface area contributed by atoms with Crippen molar-refractivity contribution in [2.75, 3.05) is 0 Å². The number of carbonyl (C=O) groups is 1. The molecule has 0 aromatic heterocycles. The van der Waals surface area contributed by atoms with E-state index >= 15 is 0 Å². The van der Waals surface area contributed by atoms with Crippen molar-refractivity contribution in [3.63, 3.8) is 0 Å². The molecule has 2 fully saturated rings. The Kier molecular flexibility index (Phi) is 2.99. The Morgan fingerprint density at radius 3 is 2.00 bits per heavy atom. The lowest BCUT2D eigenvalue weighted by Gasteiger charge is -2.24. The molecular weight excluding hydrogens is 176 g/mol. The molecular formula is C9H15ClO2. The maximum absolute atomic E-state index is 10.7. The van der Waals surface area contributed by atoms with Crippen molar-refractivity contribution in [3.8, 4) is 0 Å². The highest BCUT2D eigenvalue weighted by molar-refractivity contribution is 5.85. The molecule has 2 nitrogen and oxygen atoms in total. The molecule has 0 aromatic carbocycles. The second-order valence-electron chi connectivity index (χ2n) is 4.05. The molecule has 0 saturated heterocycles. The molecule has 0 aliphatic heterocycles. The number of aliphatic carboxylic acids is 1. The van der Waals surface area contributed by atoms with Gasteiger partial charge in [-0.15, -0.1) is 12.4 Å². The largest absolute Gasteiger partial charge is 0.481 e. The normalized spacial score (nSPS) is 38.8. The second kappa shape index (κ2) is 3.65. The lowest BCUT2D eigenvalue weighted by atomic mass is 9.81. The summed E-state index contributed by atoms with van der Waals surface area (Å²) in [4.78, 5) is 10.7. The van der Waals surface area contributed by atoms with E-state index in [1.165, 1.54) is 19.3 Å². The third-order valence-corrected chi connectivity index (χ3v) is 3.23. The highest BCUT2D eigenvalue weighted by atomic mass is 35.5. The molecule has 0 radical (unpaired) electrons. The Hall–Kier alpha value is -0.240. The molecule has 2 atom stereocenters. The number of halogens is 1. The van der Waals surface area contributed by atoms with E-state index in [4.69, 9.17) is 5.11 Å². The van der Waals surface area contributed by atoms with Crippen LogP contribution in [0.1, 0.15) is 32.1 Å². The van der Waals surface area contributed by atoms with Crippen molar-refractivity contribution >= 4 is 18.4 Å². The van der Waals surface area contributed by atoms with Gasteiger partial charge in [-0.05, 0) is 31.1 Å². The molecule has 2 aliphatic carbocycles. The zero-order chi connectivity index (χ0) is 7.84. The first-order valence-electron chi connectivity index (χ1n) is 4.48. The number of rotatable bonds is 1. The lowest BCUT2D eigenvalue weighted by Crippen LogP contribution is -2.22. The minimum atomic E-state index is -0.568. The maximum atomic E-state index is 10.7. The van der Waals surface area contributed by atoms with Crippen LogP contribution in [0, 0.1) is 17.8 Å². The van der Waals surface area contributed by atoms with Crippen LogP contribution in [-0.2, 0) is 4.79 Å². The molecule has 2 rings (SSSR count). The summed E-state index contributed by atoms with van der Waals surface area (Å²) in [6.07, 6.45) is 5.78. The molecule has 12 heavy (non-hydrogen) atoms. The van der Waals surface area contributed by atoms with Crippen LogP contribution in [0.3, 0.4) is 0 Å². The van der Waals surface area contributed by atoms with Crippen LogP contribution in [0.2, 0.25) is 0 Å². The molecule has 2 aliphatic rings. The van der Waals surface area contributed by atoms with E-state index in [2.05, 4.69) is 0 Å². The molecule has 0 heterocycles. The molecule has 0 spiro atoms. The van der Waals surface area contributed by atoms with E-state index in [1.807, 2.05) is 0 Å². The zero-order valence-corrected chi connectivity index (χ0v) is 7.85. The Morgan fingerprint density at radius 2 is 1.58 bits per heavy atom. The van der Waals surface area contributed by atoms with Crippen LogP contribution in [0.4, 0.5) is 0 Å². The van der Waals surface area contributed by atoms with Gasteiger partial charge in [-0.2, -0.15) is 0 Å². The van der Waals surface area contributed by atoms with E-state index in [0.29, 0.717) is 0 Å². The SMILES string of the molecule is Cl.O=C(O)C1CC2CCC(C2)C1. The first-order chi connectivity index (χ1) is 5.25. The van der Waals surface area contributed by atoms with Crippen molar-refractivity contribution < 1.29 is 9.90 Å². The van der Waals surface area contributed by atoms with Crippen molar-refractivity contribution in [2.24, 2.45) is 17.8 Å². The fraction of sp³-hybridized carbons (Fsp3) is 0.889. The summed E-state index contributed by atoms with van der Waals surface area (Å²) in [6.45, 7) is 0. The minimum absolute atomic E-state index is 0. The summed E-state index contributed by atoms with van der Waals surface area (Å²) in [7, 11) is 0. The number of hydrogen-bond donors (Lipinski definition) is 1. The van der Waals surface area contributed by atoms with Gasteiger partial charge in [0.1, 0.15) is 0 Å². The van der Waals surface area contributed by atoms with Gasteiger partial charge in [0.15, 0.2) is 0 Å². The zero-order valence-electron chi connectivity index (χ0n) is 7.03. The van der Waals surface area contributed by atoms with Crippen molar-refractivity contribution in [1.82, 2.24) is 0 Å². The molecule has 0 amide bonds. The lowest BCUT2D eigenvalue weighted by molar-refractivity contribution is -0.143. The van der Waals surface area contributed by atoms with Crippen LogP contribution in [0.5, 0.6) is 0 Å². The Bertz CT molecular complexity index is 169. The van der Waals surface area contributed by atoms with Gasteiger partial charge in [-0.25, -0.2) is 0 Å². The third-order valence-electron chi connectivity index (χ3n) is 3.23. The summed E-state index contributed by atoms with van der Waals surface area (Å²) in [5, 5.41) is 8.80. The quantitative estimate of drug-likeness (QED) is 0.689. The van der Waals surface area contributed by atoms with E-state index in [9.17, 15) is 4.79 Å². The van der Waals surface area contributed by atoms with Crippen LogP contribution >= 0.6 is 12.4 Å². The molecule has 2 saturated carbocycles. The van der Waals surface area contributed by atoms with Gasteiger partial charge in [0.25, 0.3) is 0 Å². The summed E-state index contributed by atoms with van der Waals surface area (Å²) < 4.78 is 0. The van der Waals surface area contributed by atoms with Crippen molar-refractivity contribution in [3.05, 3.63) is 0 Å². The molecule has 2 unspecified atom stereocenters. The highest BCUT2D eigenvalue weighted by Gasteiger charge is 2.36. The maximum Gasteiger partial charge on any atom is 0.306 e. The Morgan fingerprint density at radius 1 is 1.08 bits per heavy atom. The number of carboxylic acids is 1. The number of fused-ring (bicyclic) bond motifs is 2. The van der Waals surface area contributed by atoms with Crippen molar-refractivity contribution in [1.29, 1.82) is 0 Å². The van der Waals surface area contributed by atoms with Crippen LogP contribution in [0.15, 0.2) is 0 Å². The predicted octanol–water partition coefficient (Wildman–Crippen LogP) is 2.32. The smallest absolute Gasteiger partial charge is 0.306 e. The van der Waals surface area contributed by atoms with Crippen LogP contribution < -0.4 is 0 Å². The van der Waals surface area contributed by atoms with E-state index < -0.39 is 5.97 Å². The molecule has 0 aromatic rings. The molecule has 70 valence electrons. The van der Waals surface area contributed by atoms with Crippen LogP contribution in [0.25, 0.3) is 0 Å². The number of hydrogen-bond acceptors (Lipinski definition) is 1. The van der Waals surface area contributed by atoms with Crippen LogP contribution in [-0.4, -0.2) is 11.1 Å². The van der Waals surface area contributed by atoms with Gasteiger partial charge in [0, 0.05) is 0 Å². The Labute approximate surface area is 78.8 Å². The van der Waals surface area contributed by atoms with Gasteiger partial charge < -0.3 is 5.11 Å². The van der Waals surface area contributed by atoms with E-state index in [0.717, 1.165) is 24.7 Å². The highest BCUT2D eigenvalue weighted by Crippen LogP contribution is 2.44. The van der Waals surface area contributed by atoms with E-state index in [-0.39, 0.29) is 18.3 Å². The van der Waals surface area contributed by atoms with E-state index in [1.54, 1.807) is 0 Å². The van der Waals surface area contributed by atoms with Gasteiger partial charge >= 0.3 is 5.97 Å². The predicted molar refractivity (Wildman–Crippen MR) is 48.4 cm³/mol. The topological polar surface area (TPSA) is 37.3 Å².